The highest BCUT2D eigenvalue weighted by Gasteiger charge is 2.23. The Kier molecular flexibility index (Phi) is 4.83. The van der Waals surface area contributed by atoms with E-state index in [0.717, 1.165) is 31.6 Å². The maximum Gasteiger partial charge on any atom is 0.293 e. The van der Waals surface area contributed by atoms with Gasteiger partial charge in [0.2, 0.25) is 0 Å². The molecule has 0 amide bonds. The fourth-order valence-electron chi connectivity index (χ4n) is 3.03. The van der Waals surface area contributed by atoms with E-state index in [-0.39, 0.29) is 11.4 Å². The number of hydrogen-bond acceptors (Lipinski definition) is 4. The summed E-state index contributed by atoms with van der Waals surface area (Å²) < 4.78 is 20.7. The lowest BCUT2D eigenvalue weighted by Gasteiger charge is -2.32. The van der Waals surface area contributed by atoms with Gasteiger partial charge in [-0.3, -0.25) is 4.79 Å². The zero-order valence-electron chi connectivity index (χ0n) is 14.0. The van der Waals surface area contributed by atoms with Crippen LogP contribution in [-0.4, -0.2) is 29.2 Å². The van der Waals surface area contributed by atoms with E-state index in [9.17, 15) is 9.18 Å². The molecule has 3 rings (SSSR count). The van der Waals surface area contributed by atoms with Gasteiger partial charge in [0.15, 0.2) is 17.4 Å². The molecule has 0 bridgehead atoms. The topological polar surface area (TPSA) is 47.4 Å². The number of halogens is 1. The predicted octanol–water partition coefficient (Wildman–Crippen LogP) is 2.52. The highest BCUT2D eigenvalue weighted by atomic mass is 19.1. The minimum absolute atomic E-state index is 0.0679. The number of benzene rings is 1. The molecular formula is C18H22FN3O2. The molecular weight excluding hydrogens is 309 g/mol. The van der Waals surface area contributed by atoms with Crippen molar-refractivity contribution in [2.75, 3.05) is 24.6 Å². The zero-order chi connectivity index (χ0) is 17.1. The van der Waals surface area contributed by atoms with E-state index in [1.165, 1.54) is 6.07 Å². The van der Waals surface area contributed by atoms with Crippen molar-refractivity contribution in [3.8, 4) is 5.75 Å². The molecule has 1 aromatic carbocycles. The first-order chi connectivity index (χ1) is 11.5. The Balaban J connectivity index is 1.58. The van der Waals surface area contributed by atoms with Crippen LogP contribution in [0, 0.1) is 18.7 Å². The van der Waals surface area contributed by atoms with Crippen molar-refractivity contribution in [2.24, 2.45) is 13.0 Å². The van der Waals surface area contributed by atoms with Crippen LogP contribution in [0.4, 0.5) is 10.2 Å². The molecule has 5 nitrogen and oxygen atoms in total. The summed E-state index contributed by atoms with van der Waals surface area (Å²) in [4.78, 5) is 18.7. The van der Waals surface area contributed by atoms with Crippen LogP contribution < -0.4 is 15.2 Å². The van der Waals surface area contributed by atoms with Gasteiger partial charge in [0, 0.05) is 26.3 Å². The van der Waals surface area contributed by atoms with Crippen molar-refractivity contribution in [2.45, 2.75) is 19.8 Å². The smallest absolute Gasteiger partial charge is 0.293 e. The van der Waals surface area contributed by atoms with Crippen LogP contribution in [0.25, 0.3) is 0 Å². The lowest BCUT2D eigenvalue weighted by molar-refractivity contribution is 0.215. The molecule has 0 radical (unpaired) electrons. The number of aromatic nitrogens is 2. The molecule has 24 heavy (non-hydrogen) atoms. The fraction of sp³-hybridized carbons (Fsp3) is 0.444. The quantitative estimate of drug-likeness (QED) is 0.864. The summed E-state index contributed by atoms with van der Waals surface area (Å²) in [5.41, 5.74) is 0.763. The van der Waals surface area contributed by atoms with Crippen molar-refractivity contribution in [3.63, 3.8) is 0 Å². The number of ether oxygens (including phenoxy) is 1. The lowest BCUT2D eigenvalue weighted by atomic mass is 9.98. The Hall–Kier alpha value is -2.37. The molecule has 0 spiro atoms. The van der Waals surface area contributed by atoms with E-state index in [4.69, 9.17) is 4.74 Å². The SMILES string of the molecule is Cc1cn(C)c(=O)c(N2CCC(COc3ccccc3F)CC2)n1. The Morgan fingerprint density at radius 3 is 2.71 bits per heavy atom. The van der Waals surface area contributed by atoms with Gasteiger partial charge in [-0.25, -0.2) is 9.37 Å². The Morgan fingerprint density at radius 2 is 2.00 bits per heavy atom. The van der Waals surface area contributed by atoms with E-state index in [1.807, 2.05) is 11.8 Å². The van der Waals surface area contributed by atoms with Crippen molar-refractivity contribution in [1.82, 2.24) is 9.55 Å². The third-order valence-electron chi connectivity index (χ3n) is 4.40. The highest BCUT2D eigenvalue weighted by molar-refractivity contribution is 5.37. The van der Waals surface area contributed by atoms with Crippen molar-refractivity contribution >= 4 is 5.82 Å². The molecule has 1 aliphatic rings. The molecule has 0 saturated carbocycles. The van der Waals surface area contributed by atoms with Gasteiger partial charge in [-0.1, -0.05) is 12.1 Å². The number of hydrogen-bond donors (Lipinski definition) is 0. The fourth-order valence-corrected chi connectivity index (χ4v) is 3.03. The first kappa shape index (κ1) is 16.5. The van der Waals surface area contributed by atoms with Gasteiger partial charge in [-0.05, 0) is 37.8 Å². The standard InChI is InChI=1S/C18H22FN3O2/c1-13-11-21(2)18(23)17(20-13)22-9-7-14(8-10-22)12-24-16-6-4-3-5-15(16)19/h3-6,11,14H,7-10,12H2,1-2H3. The van der Waals surface area contributed by atoms with Crippen LogP contribution in [0.3, 0.4) is 0 Å². The predicted molar refractivity (Wildman–Crippen MR) is 91.0 cm³/mol. The van der Waals surface area contributed by atoms with Gasteiger partial charge in [-0.15, -0.1) is 0 Å². The van der Waals surface area contributed by atoms with Gasteiger partial charge in [0.05, 0.1) is 12.3 Å². The molecule has 0 aliphatic carbocycles. The van der Waals surface area contributed by atoms with Gasteiger partial charge in [0.1, 0.15) is 0 Å². The van der Waals surface area contributed by atoms with Crippen LogP contribution in [0.2, 0.25) is 0 Å². The monoisotopic (exact) mass is 331 g/mol. The Morgan fingerprint density at radius 1 is 1.29 bits per heavy atom. The second-order valence-electron chi connectivity index (χ2n) is 6.29. The average molecular weight is 331 g/mol. The summed E-state index contributed by atoms with van der Waals surface area (Å²) in [6.45, 7) is 3.90. The van der Waals surface area contributed by atoms with Crippen LogP contribution in [-0.2, 0) is 7.05 Å². The third kappa shape index (κ3) is 3.58. The number of para-hydroxylation sites is 1. The average Bonchev–Trinajstić information content (AvgIpc) is 2.58. The first-order valence-electron chi connectivity index (χ1n) is 8.21. The second-order valence-corrected chi connectivity index (χ2v) is 6.29. The normalized spacial score (nSPS) is 15.5. The molecule has 0 atom stereocenters. The molecule has 2 heterocycles. The number of aryl methyl sites for hydroxylation is 2. The summed E-state index contributed by atoms with van der Waals surface area (Å²) in [5, 5.41) is 0. The van der Waals surface area contributed by atoms with E-state index in [2.05, 4.69) is 4.98 Å². The largest absolute Gasteiger partial charge is 0.490 e. The minimum Gasteiger partial charge on any atom is -0.490 e. The number of anilines is 1. The highest BCUT2D eigenvalue weighted by Crippen LogP contribution is 2.22. The first-order valence-corrected chi connectivity index (χ1v) is 8.21. The van der Waals surface area contributed by atoms with E-state index in [1.54, 1.807) is 36.0 Å². The number of rotatable bonds is 4. The summed E-state index contributed by atoms with van der Waals surface area (Å²) in [7, 11) is 1.75. The van der Waals surface area contributed by atoms with Crippen LogP contribution in [0.15, 0.2) is 35.3 Å². The second kappa shape index (κ2) is 7.03. The maximum absolute atomic E-state index is 13.6. The Labute approximate surface area is 140 Å². The summed E-state index contributed by atoms with van der Waals surface area (Å²) in [6.07, 6.45) is 3.53. The molecule has 1 aromatic heterocycles. The third-order valence-corrected chi connectivity index (χ3v) is 4.40. The molecule has 2 aromatic rings. The zero-order valence-corrected chi connectivity index (χ0v) is 14.0. The van der Waals surface area contributed by atoms with Crippen molar-refractivity contribution in [3.05, 3.63) is 52.3 Å². The minimum atomic E-state index is -0.331. The van der Waals surface area contributed by atoms with Gasteiger partial charge < -0.3 is 14.2 Å². The summed E-state index contributed by atoms with van der Waals surface area (Å²) >= 11 is 0. The molecule has 1 saturated heterocycles. The van der Waals surface area contributed by atoms with Gasteiger partial charge >= 0.3 is 0 Å². The van der Waals surface area contributed by atoms with E-state index >= 15 is 0 Å². The number of piperidine rings is 1. The summed E-state index contributed by atoms with van der Waals surface area (Å²) in [6, 6.07) is 6.46. The molecule has 6 heteroatoms. The summed E-state index contributed by atoms with van der Waals surface area (Å²) in [5.74, 6) is 0.844. The Bertz CT molecular complexity index is 767. The maximum atomic E-state index is 13.6. The molecule has 1 fully saturated rings. The van der Waals surface area contributed by atoms with Crippen LogP contribution in [0.1, 0.15) is 18.5 Å². The molecule has 0 N–H and O–H groups in total. The van der Waals surface area contributed by atoms with Crippen molar-refractivity contribution in [1.29, 1.82) is 0 Å². The molecule has 0 unspecified atom stereocenters. The van der Waals surface area contributed by atoms with Gasteiger partial charge in [0.25, 0.3) is 5.56 Å². The van der Waals surface area contributed by atoms with Gasteiger partial charge in [-0.2, -0.15) is 0 Å². The van der Waals surface area contributed by atoms with E-state index in [0.29, 0.717) is 24.1 Å². The molecule has 128 valence electrons. The number of nitrogens with zero attached hydrogens (tertiary/aromatic N) is 3. The van der Waals surface area contributed by atoms with Crippen LogP contribution >= 0.6 is 0 Å². The lowest BCUT2D eigenvalue weighted by Crippen LogP contribution is -2.40. The van der Waals surface area contributed by atoms with Crippen LogP contribution in [0.5, 0.6) is 5.75 Å². The van der Waals surface area contributed by atoms with E-state index < -0.39 is 0 Å². The molecule has 1 aliphatic heterocycles. The van der Waals surface area contributed by atoms with Crippen molar-refractivity contribution < 1.29 is 9.13 Å².